The third kappa shape index (κ3) is 2.25. The van der Waals surface area contributed by atoms with Gasteiger partial charge in [0.05, 0.1) is 16.7 Å². The lowest BCUT2D eigenvalue weighted by Crippen LogP contribution is -2.03. The van der Waals surface area contributed by atoms with Crippen molar-refractivity contribution in [1.82, 2.24) is 30.4 Å². The van der Waals surface area contributed by atoms with Crippen molar-refractivity contribution in [2.75, 3.05) is 5.73 Å². The van der Waals surface area contributed by atoms with E-state index in [9.17, 15) is 5.26 Å². The largest absolute Gasteiger partial charge is 0.381 e. The highest BCUT2D eigenvalue weighted by Crippen LogP contribution is 2.35. The summed E-state index contributed by atoms with van der Waals surface area (Å²) in [5.74, 6) is 0.0435. The number of benzene rings is 1. The highest BCUT2D eigenvalue weighted by molar-refractivity contribution is 7.12. The molecule has 0 saturated carbocycles. The van der Waals surface area contributed by atoms with E-state index in [1.165, 1.54) is 11.3 Å². The number of anilines is 1. The van der Waals surface area contributed by atoms with Crippen LogP contribution < -0.4 is 5.73 Å². The summed E-state index contributed by atoms with van der Waals surface area (Å²) in [5.41, 5.74) is 9.76. The van der Waals surface area contributed by atoms with Crippen molar-refractivity contribution < 1.29 is 0 Å². The Morgan fingerprint density at radius 3 is 2.88 bits per heavy atom. The first-order chi connectivity index (χ1) is 11.7. The molecule has 0 aliphatic heterocycles. The molecule has 116 valence electrons. The molecule has 10 heteroatoms. The highest BCUT2D eigenvalue weighted by Gasteiger charge is 2.19. The van der Waals surface area contributed by atoms with Gasteiger partial charge in [-0.15, -0.1) is 10.2 Å². The molecule has 0 amide bonds. The Bertz CT molecular complexity index is 1100. The molecule has 0 radical (unpaired) electrons. The summed E-state index contributed by atoms with van der Waals surface area (Å²) in [5, 5.41) is 25.7. The van der Waals surface area contributed by atoms with Gasteiger partial charge >= 0.3 is 0 Å². The van der Waals surface area contributed by atoms with Gasteiger partial charge in [-0.25, -0.2) is 9.97 Å². The van der Waals surface area contributed by atoms with Crippen LogP contribution in [0.1, 0.15) is 5.69 Å². The molecule has 1 aromatic carbocycles. The predicted octanol–water partition coefficient (Wildman–Crippen LogP) is 2.65. The van der Waals surface area contributed by atoms with Crippen molar-refractivity contribution >= 4 is 39.7 Å². The summed E-state index contributed by atoms with van der Waals surface area (Å²) in [7, 11) is 0. The van der Waals surface area contributed by atoms with Gasteiger partial charge in [0.15, 0.2) is 16.5 Å². The minimum atomic E-state index is 0.0432. The number of H-pyrrole nitrogens is 1. The maximum atomic E-state index is 9.21. The number of nitrogens with two attached hydrogens (primary N) is 1. The summed E-state index contributed by atoms with van der Waals surface area (Å²) in [6, 6.07) is 5.53. The number of nitriles is 1. The molecular weight excluding hydrogens is 348 g/mol. The quantitative estimate of drug-likeness (QED) is 0.565. The second kappa shape index (κ2) is 5.52. The normalized spacial score (nSPS) is 10.8. The minimum Gasteiger partial charge on any atom is -0.381 e. The minimum absolute atomic E-state index is 0.0432. The molecule has 4 aromatic rings. The third-order valence-electron chi connectivity index (χ3n) is 3.37. The lowest BCUT2D eigenvalue weighted by molar-refractivity contribution is 1.08. The van der Waals surface area contributed by atoms with E-state index in [0.717, 1.165) is 10.9 Å². The van der Waals surface area contributed by atoms with E-state index >= 15 is 0 Å². The first-order valence-corrected chi connectivity index (χ1v) is 7.90. The summed E-state index contributed by atoms with van der Waals surface area (Å²) >= 11 is 7.60. The van der Waals surface area contributed by atoms with Gasteiger partial charge < -0.3 is 5.73 Å². The van der Waals surface area contributed by atoms with Gasteiger partial charge in [-0.3, -0.25) is 5.10 Å². The molecule has 4 rings (SSSR count). The zero-order valence-corrected chi connectivity index (χ0v) is 13.4. The van der Waals surface area contributed by atoms with E-state index in [4.69, 9.17) is 17.3 Å². The first kappa shape index (κ1) is 14.5. The van der Waals surface area contributed by atoms with Crippen LogP contribution in [0.25, 0.3) is 32.9 Å². The molecule has 0 unspecified atom stereocenters. The highest BCUT2D eigenvalue weighted by atomic mass is 35.5. The average Bonchev–Trinajstić information content (AvgIpc) is 3.26. The second-order valence-corrected chi connectivity index (χ2v) is 6.04. The van der Waals surface area contributed by atoms with Crippen LogP contribution in [0.4, 0.5) is 5.82 Å². The fourth-order valence-electron chi connectivity index (χ4n) is 2.31. The zero-order chi connectivity index (χ0) is 16.7. The smallest absolute Gasteiger partial charge is 0.183 e. The molecule has 3 aromatic heterocycles. The molecular formula is C14H7ClN8S. The van der Waals surface area contributed by atoms with E-state index in [0.29, 0.717) is 27.0 Å². The maximum Gasteiger partial charge on any atom is 0.183 e. The lowest BCUT2D eigenvalue weighted by Gasteiger charge is -2.09. The van der Waals surface area contributed by atoms with Crippen molar-refractivity contribution in [3.05, 3.63) is 34.6 Å². The topological polar surface area (TPSA) is 130 Å². The maximum absolute atomic E-state index is 9.21. The molecule has 0 saturated heterocycles. The van der Waals surface area contributed by atoms with Crippen LogP contribution in [0.15, 0.2) is 23.8 Å². The SMILES string of the molecule is N#Cc1nc(-c2cc(Cl)c3[nH]ncc3c2)c(-c2nncs2)nc1N. The summed E-state index contributed by atoms with van der Waals surface area (Å²) in [6.07, 6.45) is 1.66. The van der Waals surface area contributed by atoms with Gasteiger partial charge in [-0.05, 0) is 12.1 Å². The Morgan fingerprint density at radius 2 is 2.12 bits per heavy atom. The van der Waals surface area contributed by atoms with Crippen LogP contribution in [0.5, 0.6) is 0 Å². The van der Waals surface area contributed by atoms with Crippen molar-refractivity contribution in [1.29, 1.82) is 5.26 Å². The number of halogens is 1. The standard InChI is InChI=1S/C14H7ClN8S/c15-8-2-6(1-7-4-18-22-10(7)8)11-12(14-23-19-5-24-14)21-13(17)9(3-16)20-11/h1-2,4-5H,(H2,17,21)(H,18,22). The molecule has 0 bridgehead atoms. The number of aromatic nitrogens is 6. The van der Waals surface area contributed by atoms with E-state index in [1.807, 2.05) is 12.1 Å². The van der Waals surface area contributed by atoms with Crippen molar-refractivity contribution in [3.8, 4) is 28.0 Å². The van der Waals surface area contributed by atoms with Gasteiger partial charge in [-0.1, -0.05) is 22.9 Å². The predicted molar refractivity (Wildman–Crippen MR) is 90.2 cm³/mol. The molecule has 24 heavy (non-hydrogen) atoms. The van der Waals surface area contributed by atoms with Gasteiger partial charge in [0, 0.05) is 10.9 Å². The molecule has 0 aliphatic rings. The molecule has 0 fully saturated rings. The summed E-state index contributed by atoms with van der Waals surface area (Å²) in [4.78, 5) is 8.64. The molecule has 8 nitrogen and oxygen atoms in total. The van der Waals surface area contributed by atoms with Gasteiger partial charge in [0.1, 0.15) is 23.0 Å². The molecule has 0 spiro atoms. The monoisotopic (exact) mass is 354 g/mol. The van der Waals surface area contributed by atoms with Gasteiger partial charge in [0.25, 0.3) is 0 Å². The van der Waals surface area contributed by atoms with Crippen molar-refractivity contribution in [2.24, 2.45) is 0 Å². The molecule has 3 N–H and O–H groups in total. The molecule has 3 heterocycles. The number of fused-ring (bicyclic) bond motifs is 1. The Balaban J connectivity index is 2.03. The summed E-state index contributed by atoms with van der Waals surface area (Å²) < 4.78 is 0. The van der Waals surface area contributed by atoms with Crippen LogP contribution in [0, 0.1) is 11.3 Å². The zero-order valence-electron chi connectivity index (χ0n) is 11.9. The number of nitrogen functional groups attached to an aromatic ring is 1. The Hall–Kier alpha value is -3.09. The third-order valence-corrected chi connectivity index (χ3v) is 4.36. The van der Waals surface area contributed by atoms with Gasteiger partial charge in [-0.2, -0.15) is 10.4 Å². The number of hydrogen-bond donors (Lipinski definition) is 2. The van der Waals surface area contributed by atoms with E-state index in [1.54, 1.807) is 17.8 Å². The molecule has 0 atom stereocenters. The Labute approximate surface area is 144 Å². The van der Waals surface area contributed by atoms with Crippen LogP contribution in [-0.4, -0.2) is 30.4 Å². The molecule has 0 aliphatic carbocycles. The van der Waals surface area contributed by atoms with Crippen molar-refractivity contribution in [3.63, 3.8) is 0 Å². The Morgan fingerprint density at radius 1 is 1.25 bits per heavy atom. The van der Waals surface area contributed by atoms with E-state index in [-0.39, 0.29) is 11.5 Å². The van der Waals surface area contributed by atoms with Crippen LogP contribution in [0.3, 0.4) is 0 Å². The van der Waals surface area contributed by atoms with Crippen LogP contribution in [0.2, 0.25) is 5.02 Å². The van der Waals surface area contributed by atoms with Crippen molar-refractivity contribution in [2.45, 2.75) is 0 Å². The Kier molecular flexibility index (Phi) is 3.34. The summed E-state index contributed by atoms with van der Waals surface area (Å²) in [6.45, 7) is 0. The van der Waals surface area contributed by atoms with Gasteiger partial charge in [0.2, 0.25) is 0 Å². The van der Waals surface area contributed by atoms with E-state index in [2.05, 4.69) is 30.4 Å². The number of nitrogens with one attached hydrogen (secondary N) is 1. The second-order valence-electron chi connectivity index (χ2n) is 4.80. The number of nitrogens with zero attached hydrogens (tertiary/aromatic N) is 6. The number of hydrogen-bond acceptors (Lipinski definition) is 8. The fourth-order valence-corrected chi connectivity index (χ4v) is 3.12. The van der Waals surface area contributed by atoms with E-state index < -0.39 is 0 Å². The lowest BCUT2D eigenvalue weighted by atomic mass is 10.1. The van der Waals surface area contributed by atoms with Crippen LogP contribution >= 0.6 is 22.9 Å². The number of aromatic amines is 1. The van der Waals surface area contributed by atoms with Crippen LogP contribution in [-0.2, 0) is 0 Å². The number of rotatable bonds is 2. The average molecular weight is 355 g/mol. The fraction of sp³-hybridized carbons (Fsp3) is 0. The first-order valence-electron chi connectivity index (χ1n) is 6.64.